The summed E-state index contributed by atoms with van der Waals surface area (Å²) >= 11 is 0. The maximum Gasteiger partial charge on any atom is 0.255 e. The fraction of sp³-hybridized carbons (Fsp3) is 0.185. The van der Waals surface area contributed by atoms with Gasteiger partial charge < -0.3 is 19.9 Å². The molecule has 1 aliphatic heterocycles. The first kappa shape index (κ1) is 20.8. The summed E-state index contributed by atoms with van der Waals surface area (Å²) in [6.45, 7) is 1.69. The van der Waals surface area contributed by atoms with Crippen LogP contribution in [0.2, 0.25) is 0 Å². The molecule has 0 radical (unpaired) electrons. The van der Waals surface area contributed by atoms with Crippen LogP contribution in [0.5, 0.6) is 5.75 Å². The molecular formula is C27H25N3O3. The number of aryl methyl sites for hydroxylation is 1. The molecule has 2 N–H and O–H groups in total. The van der Waals surface area contributed by atoms with Crippen molar-refractivity contribution in [3.05, 3.63) is 89.5 Å². The van der Waals surface area contributed by atoms with Crippen LogP contribution in [0.1, 0.15) is 34.5 Å². The molecule has 0 saturated heterocycles. The van der Waals surface area contributed by atoms with Crippen LogP contribution in [0.15, 0.2) is 72.8 Å². The number of nitrogens with two attached hydrogens (primary N) is 1. The monoisotopic (exact) mass is 439 g/mol. The van der Waals surface area contributed by atoms with Crippen LogP contribution >= 0.6 is 0 Å². The molecule has 0 fully saturated rings. The van der Waals surface area contributed by atoms with Gasteiger partial charge in [-0.15, -0.1) is 0 Å². The SMILES string of the molecule is COc1cccc(-c2c([C@@H]3c4ccccc4C(=O)N3[C@H](C)C(N)=O)c3ccccc3n2C)c1. The van der Waals surface area contributed by atoms with Crippen LogP contribution in [-0.4, -0.2) is 34.4 Å². The Morgan fingerprint density at radius 3 is 2.52 bits per heavy atom. The lowest BCUT2D eigenvalue weighted by Gasteiger charge is -2.30. The van der Waals surface area contributed by atoms with E-state index in [0.29, 0.717) is 5.56 Å². The number of nitrogens with zero attached hydrogens (tertiary/aromatic N) is 2. The van der Waals surface area contributed by atoms with Crippen molar-refractivity contribution >= 4 is 22.7 Å². The lowest BCUT2D eigenvalue weighted by molar-refractivity contribution is -0.122. The molecule has 166 valence electrons. The highest BCUT2D eigenvalue weighted by atomic mass is 16.5. The Morgan fingerprint density at radius 2 is 1.76 bits per heavy atom. The topological polar surface area (TPSA) is 77.6 Å². The molecule has 0 spiro atoms. The quantitative estimate of drug-likeness (QED) is 0.504. The number of fused-ring (bicyclic) bond motifs is 2. The maximum absolute atomic E-state index is 13.5. The summed E-state index contributed by atoms with van der Waals surface area (Å²) in [5.74, 6) is 0.0183. The average molecular weight is 440 g/mol. The van der Waals surface area contributed by atoms with Gasteiger partial charge in [-0.2, -0.15) is 0 Å². The van der Waals surface area contributed by atoms with Gasteiger partial charge in [0.1, 0.15) is 11.8 Å². The first-order valence-electron chi connectivity index (χ1n) is 10.9. The summed E-state index contributed by atoms with van der Waals surface area (Å²) in [5.41, 5.74) is 11.1. The fourth-order valence-corrected chi connectivity index (χ4v) is 4.99. The van der Waals surface area contributed by atoms with Crippen molar-refractivity contribution < 1.29 is 14.3 Å². The molecule has 1 aliphatic rings. The molecule has 0 unspecified atom stereocenters. The van der Waals surface area contributed by atoms with Gasteiger partial charge >= 0.3 is 0 Å². The van der Waals surface area contributed by atoms with E-state index < -0.39 is 18.0 Å². The van der Waals surface area contributed by atoms with Gasteiger partial charge in [-0.25, -0.2) is 0 Å². The molecule has 3 aromatic carbocycles. The smallest absolute Gasteiger partial charge is 0.255 e. The van der Waals surface area contributed by atoms with Crippen LogP contribution in [0.25, 0.3) is 22.2 Å². The van der Waals surface area contributed by atoms with E-state index in [-0.39, 0.29) is 5.91 Å². The van der Waals surface area contributed by atoms with Crippen molar-refractivity contribution in [3.8, 4) is 17.0 Å². The van der Waals surface area contributed by atoms with Crippen molar-refractivity contribution in [3.63, 3.8) is 0 Å². The Kier molecular flexibility index (Phi) is 4.93. The molecular weight excluding hydrogens is 414 g/mol. The lowest BCUT2D eigenvalue weighted by atomic mass is 9.92. The third kappa shape index (κ3) is 3.09. The zero-order chi connectivity index (χ0) is 23.3. The Balaban J connectivity index is 1.87. The molecule has 2 atom stereocenters. The molecule has 4 aromatic rings. The third-order valence-electron chi connectivity index (χ3n) is 6.59. The minimum atomic E-state index is -0.771. The number of carbonyl (C=O) groups is 2. The van der Waals surface area contributed by atoms with E-state index in [4.69, 9.17) is 10.5 Å². The second kappa shape index (κ2) is 7.81. The lowest BCUT2D eigenvalue weighted by Crippen LogP contribution is -2.45. The van der Waals surface area contributed by atoms with Crippen LogP contribution in [0.4, 0.5) is 0 Å². The molecule has 0 aliphatic carbocycles. The first-order chi connectivity index (χ1) is 15.9. The van der Waals surface area contributed by atoms with Crippen molar-refractivity contribution in [1.82, 2.24) is 9.47 Å². The number of hydrogen-bond donors (Lipinski definition) is 1. The van der Waals surface area contributed by atoms with Gasteiger partial charge in [0.05, 0.1) is 18.8 Å². The Morgan fingerprint density at radius 1 is 1.03 bits per heavy atom. The third-order valence-corrected chi connectivity index (χ3v) is 6.59. The van der Waals surface area contributed by atoms with Gasteiger partial charge in [0.25, 0.3) is 5.91 Å². The summed E-state index contributed by atoms with van der Waals surface area (Å²) in [5, 5.41) is 1.02. The number of ether oxygens (including phenoxy) is 1. The average Bonchev–Trinajstić information content (AvgIpc) is 3.29. The van der Waals surface area contributed by atoms with Gasteiger partial charge in [0.2, 0.25) is 5.91 Å². The molecule has 33 heavy (non-hydrogen) atoms. The molecule has 6 heteroatoms. The number of primary amides is 1. The van der Waals surface area contributed by atoms with Gasteiger partial charge in [0.15, 0.2) is 0 Å². The Labute approximate surface area is 192 Å². The summed E-state index contributed by atoms with van der Waals surface area (Å²) in [6.07, 6.45) is 0. The second-order valence-corrected chi connectivity index (χ2v) is 8.35. The molecule has 1 aromatic heterocycles. The summed E-state index contributed by atoms with van der Waals surface area (Å²) in [6, 6.07) is 22.3. The number of para-hydroxylation sites is 1. The largest absolute Gasteiger partial charge is 0.497 e. The van der Waals surface area contributed by atoms with E-state index in [1.165, 1.54) is 0 Å². The standard InChI is InChI=1S/C27H25N3O3/c1-16(26(28)31)30-25(19-11-4-5-12-20(19)27(30)32)23-21-13-6-7-14-22(21)29(2)24(23)17-9-8-10-18(15-17)33-3/h4-16,25H,1-3H3,(H2,28,31)/t16-,25+/m1/s1. The van der Waals surface area contributed by atoms with Gasteiger partial charge in [-0.05, 0) is 36.8 Å². The zero-order valence-electron chi connectivity index (χ0n) is 18.8. The van der Waals surface area contributed by atoms with E-state index >= 15 is 0 Å². The highest BCUT2D eigenvalue weighted by Gasteiger charge is 2.44. The highest BCUT2D eigenvalue weighted by molar-refractivity contribution is 6.04. The fourth-order valence-electron chi connectivity index (χ4n) is 4.99. The van der Waals surface area contributed by atoms with Crippen LogP contribution in [0.3, 0.4) is 0 Å². The molecule has 6 nitrogen and oxygen atoms in total. The number of rotatable bonds is 5. The second-order valence-electron chi connectivity index (χ2n) is 8.35. The van der Waals surface area contributed by atoms with E-state index in [1.54, 1.807) is 18.9 Å². The van der Waals surface area contributed by atoms with Crippen LogP contribution in [0, 0.1) is 0 Å². The summed E-state index contributed by atoms with van der Waals surface area (Å²) in [4.78, 5) is 27.4. The van der Waals surface area contributed by atoms with Gasteiger partial charge in [-0.3, -0.25) is 9.59 Å². The summed E-state index contributed by atoms with van der Waals surface area (Å²) < 4.78 is 7.62. The first-order valence-corrected chi connectivity index (χ1v) is 10.9. The van der Waals surface area contributed by atoms with Crippen molar-refractivity contribution in [2.45, 2.75) is 19.0 Å². The number of aromatic nitrogens is 1. The number of benzene rings is 3. The number of amides is 2. The van der Waals surface area contributed by atoms with E-state index in [2.05, 4.69) is 16.7 Å². The molecule has 2 amide bonds. The van der Waals surface area contributed by atoms with Gasteiger partial charge in [-0.1, -0.05) is 48.5 Å². The number of carbonyl (C=O) groups excluding carboxylic acids is 2. The molecule has 5 rings (SSSR count). The summed E-state index contributed by atoms with van der Waals surface area (Å²) in [7, 11) is 3.66. The number of hydrogen-bond acceptors (Lipinski definition) is 3. The van der Waals surface area contributed by atoms with Crippen LogP contribution in [-0.2, 0) is 11.8 Å². The highest BCUT2D eigenvalue weighted by Crippen LogP contribution is 2.47. The van der Waals surface area contributed by atoms with Crippen molar-refractivity contribution in [2.24, 2.45) is 12.8 Å². The van der Waals surface area contributed by atoms with E-state index in [1.807, 2.05) is 67.7 Å². The molecule has 0 bridgehead atoms. The maximum atomic E-state index is 13.5. The predicted molar refractivity (Wildman–Crippen MR) is 128 cm³/mol. The minimum Gasteiger partial charge on any atom is -0.497 e. The van der Waals surface area contributed by atoms with Crippen LogP contribution < -0.4 is 10.5 Å². The Hall–Kier alpha value is -4.06. The normalized spacial score (nSPS) is 16.2. The van der Waals surface area contributed by atoms with Crippen molar-refractivity contribution in [1.29, 1.82) is 0 Å². The van der Waals surface area contributed by atoms with Gasteiger partial charge in [0, 0.05) is 34.6 Å². The number of methoxy groups -OCH3 is 1. The van der Waals surface area contributed by atoms with E-state index in [0.717, 1.165) is 39.0 Å². The zero-order valence-corrected chi connectivity index (χ0v) is 18.8. The minimum absolute atomic E-state index is 0.188. The van der Waals surface area contributed by atoms with E-state index in [9.17, 15) is 9.59 Å². The van der Waals surface area contributed by atoms with Crippen molar-refractivity contribution in [2.75, 3.05) is 7.11 Å². The predicted octanol–water partition coefficient (Wildman–Crippen LogP) is 4.27. The molecule has 0 saturated carbocycles. The Bertz CT molecular complexity index is 1410. The molecule has 2 heterocycles.